The lowest BCUT2D eigenvalue weighted by Gasteiger charge is -2.04. The van der Waals surface area contributed by atoms with Crippen molar-refractivity contribution in [3.63, 3.8) is 0 Å². The highest BCUT2D eigenvalue weighted by Gasteiger charge is 2.31. The van der Waals surface area contributed by atoms with Crippen molar-refractivity contribution in [1.29, 1.82) is 0 Å². The van der Waals surface area contributed by atoms with Gasteiger partial charge in [-0.05, 0) is 5.56 Å². The van der Waals surface area contributed by atoms with Crippen LogP contribution in [-0.4, -0.2) is 23.9 Å². The van der Waals surface area contributed by atoms with Gasteiger partial charge in [0.1, 0.15) is 6.04 Å². The van der Waals surface area contributed by atoms with Crippen molar-refractivity contribution in [2.24, 2.45) is 0 Å². The minimum atomic E-state index is -0.645. The van der Waals surface area contributed by atoms with E-state index in [-0.39, 0.29) is 0 Å². The monoisotopic (exact) mass is 269 g/mol. The minimum absolute atomic E-state index is 0.484. The third-order valence-electron chi connectivity index (χ3n) is 2.16. The van der Waals surface area contributed by atoms with Gasteiger partial charge in [-0.3, -0.25) is 0 Å². The molecular formula is C11H11NO3S2. The van der Waals surface area contributed by atoms with Crippen LogP contribution in [-0.2, 0) is 15.3 Å². The lowest BCUT2D eigenvalue weighted by atomic mass is 10.2. The second-order valence-electron chi connectivity index (χ2n) is 3.44. The topological polar surface area (TPSA) is 55.4 Å². The number of esters is 1. The molecule has 1 heterocycles. The normalized spacial score (nSPS) is 18.9. The molecule has 0 aliphatic carbocycles. The smallest absolute Gasteiger partial charge is 0.375 e. The summed E-state index contributed by atoms with van der Waals surface area (Å²) in [5, 5.41) is 2.46. The van der Waals surface area contributed by atoms with Crippen LogP contribution in [0, 0.1) is 0 Å². The summed E-state index contributed by atoms with van der Waals surface area (Å²) < 4.78 is 4.38. The molecule has 0 spiro atoms. The number of amides is 1. The average molecular weight is 269 g/mol. The highest BCUT2D eigenvalue weighted by atomic mass is 33.1. The van der Waals surface area contributed by atoms with Crippen molar-refractivity contribution in [2.45, 2.75) is 11.8 Å². The van der Waals surface area contributed by atoms with Crippen LogP contribution in [0.2, 0.25) is 0 Å². The molecule has 0 bridgehead atoms. The molecule has 0 aromatic heterocycles. The SMILES string of the molecule is O=C1N[C@@H](CSSCc2ccccc2)C(=O)O1. The minimum Gasteiger partial charge on any atom is -0.375 e. The molecule has 1 aliphatic rings. The Morgan fingerprint density at radius 1 is 1.18 bits per heavy atom. The largest absolute Gasteiger partial charge is 0.415 e. The van der Waals surface area contributed by atoms with Crippen LogP contribution in [0.15, 0.2) is 30.3 Å². The van der Waals surface area contributed by atoms with E-state index in [0.717, 1.165) is 5.75 Å². The van der Waals surface area contributed by atoms with Crippen LogP contribution in [0.25, 0.3) is 0 Å². The number of carbonyl (C=O) groups is 2. The Morgan fingerprint density at radius 2 is 1.94 bits per heavy atom. The molecule has 0 radical (unpaired) electrons. The van der Waals surface area contributed by atoms with E-state index in [0.29, 0.717) is 5.75 Å². The summed E-state index contributed by atoms with van der Waals surface area (Å²) in [7, 11) is 3.21. The molecule has 90 valence electrons. The first-order valence-corrected chi connectivity index (χ1v) is 7.55. The standard InChI is InChI=1S/C11H11NO3S2/c13-10-9(12-11(14)15-10)7-17-16-6-8-4-2-1-3-5-8/h1-5,9H,6-7H2,(H,12,14)/t9-/m0/s1. The van der Waals surface area contributed by atoms with Crippen molar-refractivity contribution >= 4 is 33.7 Å². The predicted molar refractivity (Wildman–Crippen MR) is 68.6 cm³/mol. The first kappa shape index (κ1) is 12.3. The molecule has 1 saturated heterocycles. The summed E-state index contributed by atoms with van der Waals surface area (Å²) in [5.41, 5.74) is 1.24. The zero-order valence-electron chi connectivity index (χ0n) is 8.92. The molecule has 1 aromatic rings. The van der Waals surface area contributed by atoms with Gasteiger partial charge in [0.15, 0.2) is 0 Å². The number of carbonyl (C=O) groups excluding carboxylic acids is 2. The Balaban J connectivity index is 1.67. The fraction of sp³-hybridized carbons (Fsp3) is 0.273. The maximum atomic E-state index is 11.1. The third kappa shape index (κ3) is 3.67. The third-order valence-corrected chi connectivity index (χ3v) is 4.51. The van der Waals surface area contributed by atoms with Gasteiger partial charge in [0.25, 0.3) is 0 Å². The molecular weight excluding hydrogens is 258 g/mol. The molecule has 2 rings (SSSR count). The van der Waals surface area contributed by atoms with Crippen LogP contribution in [0.3, 0.4) is 0 Å². The number of rotatable bonds is 5. The van der Waals surface area contributed by atoms with E-state index in [1.165, 1.54) is 5.56 Å². The van der Waals surface area contributed by atoms with Gasteiger partial charge < -0.3 is 10.1 Å². The summed E-state index contributed by atoms with van der Waals surface area (Å²) in [6.45, 7) is 0. The van der Waals surface area contributed by atoms with E-state index in [4.69, 9.17) is 0 Å². The number of ether oxygens (including phenoxy) is 1. The molecule has 1 fully saturated rings. The molecule has 1 aliphatic heterocycles. The Hall–Kier alpha value is -1.14. The average Bonchev–Trinajstić information content (AvgIpc) is 2.65. The molecule has 17 heavy (non-hydrogen) atoms. The highest BCUT2D eigenvalue weighted by Crippen LogP contribution is 2.27. The van der Waals surface area contributed by atoms with Crippen molar-refractivity contribution < 1.29 is 14.3 Å². The number of nitrogens with one attached hydrogen (secondary N) is 1. The van der Waals surface area contributed by atoms with Gasteiger partial charge in [-0.1, -0.05) is 51.9 Å². The maximum Gasteiger partial charge on any atom is 0.415 e. The number of benzene rings is 1. The number of hydrogen-bond donors (Lipinski definition) is 1. The number of alkyl carbamates (subject to hydrolysis) is 1. The van der Waals surface area contributed by atoms with Crippen molar-refractivity contribution in [2.75, 3.05) is 5.75 Å². The molecule has 1 amide bonds. The Kier molecular flexibility index (Phi) is 4.33. The van der Waals surface area contributed by atoms with Crippen LogP contribution in [0.4, 0.5) is 4.79 Å². The predicted octanol–water partition coefficient (Wildman–Crippen LogP) is 2.20. The highest BCUT2D eigenvalue weighted by molar-refractivity contribution is 8.76. The summed E-state index contributed by atoms with van der Waals surface area (Å²) in [4.78, 5) is 21.9. The molecule has 1 N–H and O–H groups in total. The van der Waals surface area contributed by atoms with Crippen molar-refractivity contribution in [3.05, 3.63) is 35.9 Å². The maximum absolute atomic E-state index is 11.1. The van der Waals surface area contributed by atoms with Crippen LogP contribution in [0.5, 0.6) is 0 Å². The van der Waals surface area contributed by atoms with E-state index in [2.05, 4.69) is 22.2 Å². The molecule has 6 heteroatoms. The van der Waals surface area contributed by atoms with Crippen molar-refractivity contribution in [1.82, 2.24) is 5.32 Å². The van der Waals surface area contributed by atoms with Crippen LogP contribution < -0.4 is 5.32 Å². The zero-order chi connectivity index (χ0) is 12.1. The van der Waals surface area contributed by atoms with Crippen LogP contribution in [0.1, 0.15) is 5.56 Å². The van der Waals surface area contributed by atoms with E-state index >= 15 is 0 Å². The van der Waals surface area contributed by atoms with Gasteiger partial charge in [0.2, 0.25) is 0 Å². The van der Waals surface area contributed by atoms with E-state index in [9.17, 15) is 9.59 Å². The fourth-order valence-electron chi connectivity index (χ4n) is 1.30. The molecule has 0 unspecified atom stereocenters. The summed E-state index contributed by atoms with van der Waals surface area (Å²) >= 11 is 0. The second-order valence-corrected chi connectivity index (χ2v) is 5.95. The summed E-state index contributed by atoms with van der Waals surface area (Å²) in [5.74, 6) is 0.923. The lowest BCUT2D eigenvalue weighted by molar-refractivity contribution is -0.134. The van der Waals surface area contributed by atoms with Crippen LogP contribution >= 0.6 is 21.6 Å². The molecule has 1 atom stereocenters. The second kappa shape index (κ2) is 5.97. The van der Waals surface area contributed by atoms with Gasteiger partial charge in [0, 0.05) is 11.5 Å². The van der Waals surface area contributed by atoms with Crippen molar-refractivity contribution in [3.8, 4) is 0 Å². The van der Waals surface area contributed by atoms with E-state index < -0.39 is 18.1 Å². The fourth-order valence-corrected chi connectivity index (χ4v) is 3.52. The summed E-state index contributed by atoms with van der Waals surface area (Å²) in [6, 6.07) is 9.57. The first-order chi connectivity index (χ1) is 8.25. The van der Waals surface area contributed by atoms with Gasteiger partial charge in [-0.2, -0.15) is 0 Å². The number of hydrogen-bond acceptors (Lipinski definition) is 5. The van der Waals surface area contributed by atoms with Gasteiger partial charge in [0.05, 0.1) is 0 Å². The lowest BCUT2D eigenvalue weighted by Crippen LogP contribution is -2.30. The molecule has 0 saturated carbocycles. The molecule has 1 aromatic carbocycles. The summed E-state index contributed by atoms with van der Waals surface area (Å²) in [6.07, 6.45) is -0.645. The Morgan fingerprint density at radius 3 is 2.59 bits per heavy atom. The van der Waals surface area contributed by atoms with Gasteiger partial charge in [-0.25, -0.2) is 9.59 Å². The van der Waals surface area contributed by atoms with E-state index in [1.54, 1.807) is 21.6 Å². The molecule has 4 nitrogen and oxygen atoms in total. The Labute approximate surface area is 107 Å². The van der Waals surface area contributed by atoms with Gasteiger partial charge in [-0.15, -0.1) is 0 Å². The quantitative estimate of drug-likeness (QED) is 0.384. The Bertz CT molecular complexity index is 410. The van der Waals surface area contributed by atoms with E-state index in [1.807, 2.05) is 18.2 Å². The van der Waals surface area contributed by atoms with Gasteiger partial charge >= 0.3 is 12.1 Å². The first-order valence-electron chi connectivity index (χ1n) is 5.06. The zero-order valence-corrected chi connectivity index (χ0v) is 10.6. The number of cyclic esters (lactones) is 2.